The molecule has 5 nitrogen and oxygen atoms in total. The van der Waals surface area contributed by atoms with Gasteiger partial charge in [-0.25, -0.2) is 4.79 Å². The van der Waals surface area contributed by atoms with Crippen LogP contribution in [0.4, 0.5) is 0 Å². The molecule has 5 heteroatoms. The van der Waals surface area contributed by atoms with Gasteiger partial charge in [0.1, 0.15) is 11.5 Å². The van der Waals surface area contributed by atoms with Crippen LogP contribution < -0.4 is 4.74 Å². The highest BCUT2D eigenvalue weighted by atomic mass is 16.7. The van der Waals surface area contributed by atoms with E-state index in [-0.39, 0.29) is 5.56 Å². The predicted molar refractivity (Wildman–Crippen MR) is 103 cm³/mol. The average Bonchev–Trinajstić information content (AvgIpc) is 2.65. The van der Waals surface area contributed by atoms with E-state index in [1.807, 2.05) is 44.2 Å². The first kappa shape index (κ1) is 19.4. The fourth-order valence-electron chi connectivity index (χ4n) is 3.36. The smallest absolute Gasteiger partial charge is 0.336 e. The number of carboxylic acids is 1. The van der Waals surface area contributed by atoms with Crippen molar-refractivity contribution < 1.29 is 24.1 Å². The zero-order valence-corrected chi connectivity index (χ0v) is 16.0. The minimum atomic E-state index is -0.972. The molecule has 0 aromatic heterocycles. The fraction of sp³-hybridized carbons (Fsp3) is 0.409. The first-order chi connectivity index (χ1) is 13.0. The minimum Gasteiger partial charge on any atom is -0.478 e. The van der Waals surface area contributed by atoms with Crippen molar-refractivity contribution in [1.29, 1.82) is 0 Å². The number of ether oxygens (including phenoxy) is 3. The summed E-state index contributed by atoms with van der Waals surface area (Å²) in [5.74, 6) is 0.394. The van der Waals surface area contributed by atoms with Gasteiger partial charge in [-0.1, -0.05) is 37.6 Å². The Morgan fingerprint density at radius 1 is 1.19 bits per heavy atom. The Morgan fingerprint density at radius 3 is 2.70 bits per heavy atom. The summed E-state index contributed by atoms with van der Waals surface area (Å²) in [6.07, 6.45) is 1.74. The fourth-order valence-corrected chi connectivity index (χ4v) is 3.36. The molecule has 0 fully saturated rings. The van der Waals surface area contributed by atoms with Crippen LogP contribution in [0.15, 0.2) is 36.4 Å². The lowest BCUT2D eigenvalue weighted by molar-refractivity contribution is -0.158. The summed E-state index contributed by atoms with van der Waals surface area (Å²) in [6.45, 7) is 6.42. The van der Waals surface area contributed by atoms with Crippen molar-refractivity contribution in [3.8, 4) is 11.5 Å². The second-order valence-corrected chi connectivity index (χ2v) is 6.77. The van der Waals surface area contributed by atoms with E-state index in [2.05, 4.69) is 6.92 Å². The number of hydrogen-bond acceptors (Lipinski definition) is 4. The Labute approximate surface area is 159 Å². The Morgan fingerprint density at radius 2 is 1.96 bits per heavy atom. The molecule has 27 heavy (non-hydrogen) atoms. The highest BCUT2D eigenvalue weighted by molar-refractivity contribution is 5.92. The number of carboxylic acid groups (broad SMARTS) is 1. The maximum absolute atomic E-state index is 12.1. The second kappa shape index (κ2) is 8.55. The zero-order chi connectivity index (χ0) is 19.4. The van der Waals surface area contributed by atoms with Crippen LogP contribution in [0.2, 0.25) is 0 Å². The van der Waals surface area contributed by atoms with E-state index in [1.54, 1.807) is 6.07 Å². The molecule has 2 unspecified atom stereocenters. The molecule has 0 radical (unpaired) electrons. The van der Waals surface area contributed by atoms with E-state index in [0.29, 0.717) is 29.9 Å². The maximum Gasteiger partial charge on any atom is 0.336 e. The van der Waals surface area contributed by atoms with Gasteiger partial charge in [-0.05, 0) is 43.5 Å². The number of benzene rings is 2. The standard InChI is InChI=1S/C22H26O5/c1-4-5-12-25-15(3)26-14(2)17-10-11-20-18(21(17)22(23)24)13-16-8-6-7-9-19(16)27-20/h6-11,14-15H,4-5,12-13H2,1-3H3,(H,23,24). The molecule has 1 N–H and O–H groups in total. The average molecular weight is 370 g/mol. The monoisotopic (exact) mass is 370 g/mol. The summed E-state index contributed by atoms with van der Waals surface area (Å²) in [6, 6.07) is 11.3. The number of fused-ring (bicyclic) bond motifs is 2. The lowest BCUT2D eigenvalue weighted by Crippen LogP contribution is -2.19. The van der Waals surface area contributed by atoms with Gasteiger partial charge in [0, 0.05) is 18.6 Å². The summed E-state index contributed by atoms with van der Waals surface area (Å²) in [5, 5.41) is 9.88. The van der Waals surface area contributed by atoms with E-state index in [0.717, 1.165) is 24.2 Å². The van der Waals surface area contributed by atoms with Crippen molar-refractivity contribution in [3.63, 3.8) is 0 Å². The number of carbonyl (C=O) groups is 1. The quantitative estimate of drug-likeness (QED) is 0.429. The van der Waals surface area contributed by atoms with Crippen LogP contribution in [-0.4, -0.2) is 24.0 Å². The molecule has 1 aliphatic rings. The molecule has 0 saturated carbocycles. The summed E-state index contributed by atoms with van der Waals surface area (Å²) >= 11 is 0. The minimum absolute atomic E-state index is 0.260. The van der Waals surface area contributed by atoms with Gasteiger partial charge in [0.05, 0.1) is 11.7 Å². The number of rotatable bonds is 8. The molecule has 2 aromatic carbocycles. The van der Waals surface area contributed by atoms with Crippen molar-refractivity contribution in [1.82, 2.24) is 0 Å². The van der Waals surface area contributed by atoms with Crippen LogP contribution in [-0.2, 0) is 15.9 Å². The predicted octanol–water partition coefficient (Wildman–Crippen LogP) is 5.32. The number of aromatic carboxylic acids is 1. The Bertz CT molecular complexity index is 814. The molecule has 0 saturated heterocycles. The number of unbranched alkanes of at least 4 members (excludes halogenated alkanes) is 1. The number of para-hydroxylation sites is 1. The Kier molecular flexibility index (Phi) is 6.14. The van der Waals surface area contributed by atoms with Gasteiger partial charge in [0.15, 0.2) is 6.29 Å². The Balaban J connectivity index is 1.86. The van der Waals surface area contributed by atoms with Crippen molar-refractivity contribution >= 4 is 5.97 Å². The summed E-state index contributed by atoms with van der Waals surface area (Å²) in [5.41, 5.74) is 2.56. The molecule has 0 amide bonds. The van der Waals surface area contributed by atoms with Crippen molar-refractivity contribution in [2.45, 2.75) is 52.4 Å². The molecule has 144 valence electrons. The van der Waals surface area contributed by atoms with Crippen LogP contribution in [0.3, 0.4) is 0 Å². The Hall–Kier alpha value is -2.37. The van der Waals surface area contributed by atoms with Gasteiger partial charge in [0.25, 0.3) is 0 Å². The second-order valence-electron chi connectivity index (χ2n) is 6.77. The summed E-state index contributed by atoms with van der Waals surface area (Å²) in [7, 11) is 0. The van der Waals surface area contributed by atoms with Crippen molar-refractivity contribution in [3.05, 3.63) is 58.7 Å². The van der Waals surface area contributed by atoms with Crippen LogP contribution in [0, 0.1) is 0 Å². The highest BCUT2D eigenvalue weighted by Crippen LogP contribution is 2.40. The summed E-state index contributed by atoms with van der Waals surface area (Å²) in [4.78, 5) is 12.1. The van der Waals surface area contributed by atoms with Crippen molar-refractivity contribution in [2.75, 3.05) is 6.61 Å². The van der Waals surface area contributed by atoms with Crippen LogP contribution in [0.5, 0.6) is 11.5 Å². The third-order valence-corrected chi connectivity index (χ3v) is 4.76. The highest BCUT2D eigenvalue weighted by Gasteiger charge is 2.27. The topological polar surface area (TPSA) is 65.0 Å². The molecule has 0 bridgehead atoms. The summed E-state index contributed by atoms with van der Waals surface area (Å²) < 4.78 is 17.5. The lowest BCUT2D eigenvalue weighted by Gasteiger charge is -2.26. The molecule has 3 rings (SSSR count). The maximum atomic E-state index is 12.1. The number of hydrogen-bond donors (Lipinski definition) is 1. The third kappa shape index (κ3) is 4.31. The van der Waals surface area contributed by atoms with E-state index in [1.165, 1.54) is 0 Å². The molecular weight excluding hydrogens is 344 g/mol. The van der Waals surface area contributed by atoms with Gasteiger partial charge in [0.2, 0.25) is 0 Å². The van der Waals surface area contributed by atoms with Gasteiger partial charge in [-0.2, -0.15) is 0 Å². The van der Waals surface area contributed by atoms with Gasteiger partial charge in [-0.3, -0.25) is 0 Å². The van der Waals surface area contributed by atoms with Crippen molar-refractivity contribution in [2.24, 2.45) is 0 Å². The van der Waals surface area contributed by atoms with E-state index in [9.17, 15) is 9.90 Å². The molecule has 0 spiro atoms. The molecule has 0 aliphatic carbocycles. The van der Waals surface area contributed by atoms with Crippen LogP contribution in [0.1, 0.15) is 66.8 Å². The first-order valence-corrected chi connectivity index (χ1v) is 9.43. The molecule has 2 atom stereocenters. The molecule has 1 heterocycles. The molecule has 1 aliphatic heterocycles. The van der Waals surface area contributed by atoms with E-state index in [4.69, 9.17) is 14.2 Å². The molecular formula is C22H26O5. The van der Waals surface area contributed by atoms with Gasteiger partial charge in [-0.15, -0.1) is 0 Å². The molecule has 2 aromatic rings. The zero-order valence-electron chi connectivity index (χ0n) is 16.0. The van der Waals surface area contributed by atoms with Gasteiger partial charge < -0.3 is 19.3 Å². The largest absolute Gasteiger partial charge is 0.478 e. The van der Waals surface area contributed by atoms with Crippen LogP contribution in [0.25, 0.3) is 0 Å². The van der Waals surface area contributed by atoms with E-state index < -0.39 is 18.4 Å². The SMILES string of the molecule is CCCCOC(C)OC(C)c1ccc2c(c1C(=O)O)Cc1ccccc1O2. The first-order valence-electron chi connectivity index (χ1n) is 9.43. The lowest BCUT2D eigenvalue weighted by atomic mass is 9.91. The van der Waals surface area contributed by atoms with Crippen LogP contribution >= 0.6 is 0 Å². The normalized spacial score (nSPS) is 14.6. The third-order valence-electron chi connectivity index (χ3n) is 4.76. The van der Waals surface area contributed by atoms with Gasteiger partial charge >= 0.3 is 5.97 Å². The van der Waals surface area contributed by atoms with E-state index >= 15 is 0 Å².